The van der Waals surface area contributed by atoms with E-state index in [1.807, 2.05) is 18.7 Å². The van der Waals surface area contributed by atoms with Gasteiger partial charge in [0, 0.05) is 19.0 Å². The summed E-state index contributed by atoms with van der Waals surface area (Å²) in [6.07, 6.45) is 3.63. The van der Waals surface area contributed by atoms with Gasteiger partial charge in [-0.15, -0.1) is 0 Å². The van der Waals surface area contributed by atoms with Crippen LogP contribution in [0.25, 0.3) is 0 Å². The average molecular weight is 282 g/mol. The van der Waals surface area contributed by atoms with Gasteiger partial charge >= 0.3 is 0 Å². The van der Waals surface area contributed by atoms with Crippen LogP contribution >= 0.6 is 11.6 Å². The monoisotopic (exact) mass is 281 g/mol. The van der Waals surface area contributed by atoms with E-state index in [0.717, 1.165) is 25.9 Å². The molecule has 5 heteroatoms. The van der Waals surface area contributed by atoms with Crippen LogP contribution in [0.5, 0.6) is 0 Å². The number of hydrogen-bond acceptors (Lipinski definition) is 3. The number of carbonyl (C=O) groups excluding carboxylic acids is 1. The lowest BCUT2D eigenvalue weighted by molar-refractivity contribution is 0.0691. The van der Waals surface area contributed by atoms with E-state index in [4.69, 9.17) is 11.6 Å². The van der Waals surface area contributed by atoms with Gasteiger partial charge in [0.15, 0.2) is 5.69 Å². The molecule has 0 aromatic carbocycles. The van der Waals surface area contributed by atoms with E-state index in [2.05, 4.69) is 16.9 Å². The highest BCUT2D eigenvalue weighted by atomic mass is 35.5. The van der Waals surface area contributed by atoms with Gasteiger partial charge in [-0.2, -0.15) is 0 Å². The Kier molecular flexibility index (Phi) is 4.40. The molecule has 104 valence electrons. The van der Waals surface area contributed by atoms with Crippen molar-refractivity contribution in [3.63, 3.8) is 0 Å². The number of aromatic nitrogens is 2. The SMILES string of the molecule is CC1CCN(C(=O)c2nc(C(C)C)ncc2Cl)CC1. The normalized spacial score (nSPS) is 17.0. The van der Waals surface area contributed by atoms with Crippen LogP contribution in [-0.4, -0.2) is 33.9 Å². The van der Waals surface area contributed by atoms with Crippen LogP contribution in [-0.2, 0) is 0 Å². The number of rotatable bonds is 2. The number of likely N-dealkylation sites (tertiary alicyclic amines) is 1. The minimum Gasteiger partial charge on any atom is -0.337 e. The van der Waals surface area contributed by atoms with Crippen molar-refractivity contribution in [1.82, 2.24) is 14.9 Å². The Bertz CT molecular complexity index is 468. The Labute approximate surface area is 119 Å². The molecule has 0 N–H and O–H groups in total. The van der Waals surface area contributed by atoms with Gasteiger partial charge in [0.25, 0.3) is 5.91 Å². The second-order valence-electron chi connectivity index (χ2n) is 5.55. The first-order valence-electron chi connectivity index (χ1n) is 6.80. The van der Waals surface area contributed by atoms with Gasteiger partial charge in [0.1, 0.15) is 5.82 Å². The van der Waals surface area contributed by atoms with Gasteiger partial charge in [0.2, 0.25) is 0 Å². The maximum Gasteiger partial charge on any atom is 0.274 e. The Hall–Kier alpha value is -1.16. The lowest BCUT2D eigenvalue weighted by atomic mass is 9.99. The number of nitrogens with zero attached hydrogens (tertiary/aromatic N) is 3. The summed E-state index contributed by atoms with van der Waals surface area (Å²) in [5.74, 6) is 1.47. The Morgan fingerprint density at radius 1 is 1.42 bits per heavy atom. The Morgan fingerprint density at radius 2 is 2.05 bits per heavy atom. The topological polar surface area (TPSA) is 46.1 Å². The molecule has 1 fully saturated rings. The second kappa shape index (κ2) is 5.87. The van der Waals surface area contributed by atoms with Crippen LogP contribution in [0, 0.1) is 5.92 Å². The maximum absolute atomic E-state index is 12.5. The minimum atomic E-state index is -0.0683. The second-order valence-corrected chi connectivity index (χ2v) is 5.96. The van der Waals surface area contributed by atoms with Gasteiger partial charge in [-0.1, -0.05) is 32.4 Å². The molecule has 0 aliphatic carbocycles. The molecule has 1 aromatic rings. The molecular formula is C14H20ClN3O. The van der Waals surface area contributed by atoms with E-state index in [-0.39, 0.29) is 11.8 Å². The summed E-state index contributed by atoms with van der Waals surface area (Å²) >= 11 is 6.07. The molecule has 0 bridgehead atoms. The predicted octanol–water partition coefficient (Wildman–Crippen LogP) is 3.13. The van der Waals surface area contributed by atoms with Crippen molar-refractivity contribution >= 4 is 17.5 Å². The Balaban J connectivity index is 2.20. The number of carbonyl (C=O) groups is 1. The van der Waals surface area contributed by atoms with Gasteiger partial charge < -0.3 is 4.90 Å². The molecule has 0 radical (unpaired) electrons. The molecule has 0 spiro atoms. The lowest BCUT2D eigenvalue weighted by Gasteiger charge is -2.30. The van der Waals surface area contributed by atoms with Crippen molar-refractivity contribution in [2.24, 2.45) is 5.92 Å². The molecule has 2 heterocycles. The fourth-order valence-corrected chi connectivity index (χ4v) is 2.34. The van der Waals surface area contributed by atoms with Gasteiger partial charge in [-0.25, -0.2) is 9.97 Å². The van der Waals surface area contributed by atoms with Crippen LogP contribution in [0.3, 0.4) is 0 Å². The molecule has 0 atom stereocenters. The summed E-state index contributed by atoms with van der Waals surface area (Å²) in [7, 11) is 0. The van der Waals surface area contributed by atoms with Crippen LogP contribution in [0.2, 0.25) is 5.02 Å². The summed E-state index contributed by atoms with van der Waals surface area (Å²) in [5, 5.41) is 0.341. The summed E-state index contributed by atoms with van der Waals surface area (Å²) in [5.41, 5.74) is 0.343. The van der Waals surface area contributed by atoms with Gasteiger partial charge in [-0.05, 0) is 18.8 Å². The molecule has 0 unspecified atom stereocenters. The summed E-state index contributed by atoms with van der Waals surface area (Å²) in [4.78, 5) is 22.8. The highest BCUT2D eigenvalue weighted by molar-refractivity contribution is 6.33. The third-order valence-electron chi connectivity index (χ3n) is 3.55. The molecule has 4 nitrogen and oxygen atoms in total. The third-order valence-corrected chi connectivity index (χ3v) is 3.83. The van der Waals surface area contributed by atoms with Crippen LogP contribution < -0.4 is 0 Å². The van der Waals surface area contributed by atoms with E-state index in [1.165, 1.54) is 6.20 Å². The molecule has 19 heavy (non-hydrogen) atoms. The van der Waals surface area contributed by atoms with Crippen LogP contribution in [0.4, 0.5) is 0 Å². The molecule has 0 saturated carbocycles. The number of halogens is 1. The molecule has 1 aliphatic rings. The molecule has 1 aliphatic heterocycles. The van der Waals surface area contributed by atoms with Gasteiger partial charge in [-0.3, -0.25) is 4.79 Å². The third kappa shape index (κ3) is 3.24. The van der Waals surface area contributed by atoms with Crippen molar-refractivity contribution in [2.75, 3.05) is 13.1 Å². The van der Waals surface area contributed by atoms with Gasteiger partial charge in [0.05, 0.1) is 11.2 Å². The zero-order valence-electron chi connectivity index (χ0n) is 11.7. The molecule has 1 saturated heterocycles. The first-order chi connectivity index (χ1) is 8.99. The predicted molar refractivity (Wildman–Crippen MR) is 75.4 cm³/mol. The van der Waals surface area contributed by atoms with E-state index < -0.39 is 0 Å². The number of amides is 1. The zero-order chi connectivity index (χ0) is 14.0. The highest BCUT2D eigenvalue weighted by Gasteiger charge is 2.24. The highest BCUT2D eigenvalue weighted by Crippen LogP contribution is 2.21. The number of piperidine rings is 1. The summed E-state index contributed by atoms with van der Waals surface area (Å²) < 4.78 is 0. The summed E-state index contributed by atoms with van der Waals surface area (Å²) in [6, 6.07) is 0. The molecule has 1 amide bonds. The van der Waals surface area contributed by atoms with Crippen LogP contribution in [0.15, 0.2) is 6.20 Å². The number of hydrogen-bond donors (Lipinski definition) is 0. The van der Waals surface area contributed by atoms with Crippen molar-refractivity contribution in [3.05, 3.63) is 22.7 Å². The standard InChI is InChI=1S/C14H20ClN3O/c1-9(2)13-16-8-11(15)12(17-13)14(19)18-6-4-10(3)5-7-18/h8-10H,4-7H2,1-3H3. The molecular weight excluding hydrogens is 262 g/mol. The fourth-order valence-electron chi connectivity index (χ4n) is 2.17. The minimum absolute atomic E-state index is 0.0683. The van der Waals surface area contributed by atoms with E-state index in [9.17, 15) is 4.79 Å². The fraction of sp³-hybridized carbons (Fsp3) is 0.643. The average Bonchev–Trinajstić information content (AvgIpc) is 2.39. The van der Waals surface area contributed by atoms with Crippen molar-refractivity contribution in [1.29, 1.82) is 0 Å². The summed E-state index contributed by atoms with van der Waals surface area (Å²) in [6.45, 7) is 7.80. The van der Waals surface area contributed by atoms with E-state index >= 15 is 0 Å². The smallest absolute Gasteiger partial charge is 0.274 e. The first kappa shape index (κ1) is 14.3. The van der Waals surface area contributed by atoms with E-state index in [1.54, 1.807) is 0 Å². The zero-order valence-corrected chi connectivity index (χ0v) is 12.4. The van der Waals surface area contributed by atoms with E-state index in [0.29, 0.717) is 22.5 Å². The van der Waals surface area contributed by atoms with Crippen molar-refractivity contribution in [3.8, 4) is 0 Å². The van der Waals surface area contributed by atoms with Crippen molar-refractivity contribution < 1.29 is 4.79 Å². The van der Waals surface area contributed by atoms with Crippen LogP contribution in [0.1, 0.15) is 55.8 Å². The van der Waals surface area contributed by atoms with Crippen molar-refractivity contribution in [2.45, 2.75) is 39.5 Å². The first-order valence-corrected chi connectivity index (χ1v) is 7.18. The maximum atomic E-state index is 12.5. The lowest BCUT2D eigenvalue weighted by Crippen LogP contribution is -2.38. The molecule has 2 rings (SSSR count). The Morgan fingerprint density at radius 3 is 2.63 bits per heavy atom. The molecule has 1 aromatic heterocycles. The quantitative estimate of drug-likeness (QED) is 0.837. The largest absolute Gasteiger partial charge is 0.337 e.